The molecule has 1 aromatic rings. The number of hydrogen-bond donors (Lipinski definition) is 1. The summed E-state index contributed by atoms with van der Waals surface area (Å²) in [5, 5.41) is 7.81. The van der Waals surface area contributed by atoms with Crippen molar-refractivity contribution in [2.45, 2.75) is 52.1 Å². The third kappa shape index (κ3) is 3.63. The Kier molecular flexibility index (Phi) is 3.99. The van der Waals surface area contributed by atoms with Crippen LogP contribution in [0.1, 0.15) is 51.1 Å². The van der Waals surface area contributed by atoms with Crippen LogP contribution in [-0.2, 0) is 6.54 Å². The fourth-order valence-corrected chi connectivity index (χ4v) is 1.91. The quantitative estimate of drug-likeness (QED) is 0.717. The lowest BCUT2D eigenvalue weighted by Crippen LogP contribution is -2.14. The van der Waals surface area contributed by atoms with E-state index in [0.29, 0.717) is 6.04 Å². The van der Waals surface area contributed by atoms with Gasteiger partial charge in [-0.15, -0.1) is 0 Å². The van der Waals surface area contributed by atoms with Crippen LogP contribution in [0.25, 0.3) is 0 Å². The van der Waals surface area contributed by atoms with Gasteiger partial charge in [-0.2, -0.15) is 5.10 Å². The molecule has 1 heterocycles. The fraction of sp³-hybridized carbons (Fsp3) is 0.769. The minimum absolute atomic E-state index is 0.462. The van der Waals surface area contributed by atoms with E-state index in [-0.39, 0.29) is 0 Å². The van der Waals surface area contributed by atoms with Crippen molar-refractivity contribution in [1.29, 1.82) is 0 Å². The summed E-state index contributed by atoms with van der Waals surface area (Å²) < 4.78 is 2.02. The molecule has 1 saturated carbocycles. The lowest BCUT2D eigenvalue weighted by Gasteiger charge is -2.04. The molecule has 3 heteroatoms. The first kappa shape index (κ1) is 11.6. The maximum absolute atomic E-state index is 4.33. The minimum atomic E-state index is 0.462. The maximum Gasteiger partial charge on any atom is 0.0534 e. The van der Waals surface area contributed by atoms with Crippen LogP contribution in [-0.4, -0.2) is 16.3 Å². The standard InChI is InChI=1S/C13H23N3/c1-11(2)16-10-13(9-15-16)8-14-7-3-4-12-5-6-12/h9-12,14H,3-8H2,1-2H3. The first-order chi connectivity index (χ1) is 7.75. The van der Waals surface area contributed by atoms with E-state index in [1.165, 1.54) is 31.2 Å². The predicted octanol–water partition coefficient (Wildman–Crippen LogP) is 2.74. The first-order valence-corrected chi connectivity index (χ1v) is 6.49. The van der Waals surface area contributed by atoms with Gasteiger partial charge in [-0.3, -0.25) is 4.68 Å². The van der Waals surface area contributed by atoms with E-state index in [1.54, 1.807) is 0 Å². The summed E-state index contributed by atoms with van der Waals surface area (Å²) in [5.41, 5.74) is 1.29. The van der Waals surface area contributed by atoms with Crippen LogP contribution in [0.4, 0.5) is 0 Å². The van der Waals surface area contributed by atoms with Crippen molar-refractivity contribution in [1.82, 2.24) is 15.1 Å². The average Bonchev–Trinajstić information content (AvgIpc) is 2.94. The number of nitrogens with one attached hydrogen (secondary N) is 1. The Hall–Kier alpha value is -0.830. The summed E-state index contributed by atoms with van der Waals surface area (Å²) in [6.07, 6.45) is 9.79. The van der Waals surface area contributed by atoms with Gasteiger partial charge in [0, 0.05) is 24.3 Å². The molecule has 1 aliphatic rings. The monoisotopic (exact) mass is 221 g/mol. The summed E-state index contributed by atoms with van der Waals surface area (Å²) in [6, 6.07) is 0.462. The van der Waals surface area contributed by atoms with Crippen LogP contribution in [0.15, 0.2) is 12.4 Å². The van der Waals surface area contributed by atoms with Gasteiger partial charge in [0.15, 0.2) is 0 Å². The molecule has 1 aromatic heterocycles. The Bertz CT molecular complexity index is 313. The molecule has 16 heavy (non-hydrogen) atoms. The van der Waals surface area contributed by atoms with Crippen molar-refractivity contribution >= 4 is 0 Å². The van der Waals surface area contributed by atoms with Gasteiger partial charge in [0.05, 0.1) is 6.20 Å². The van der Waals surface area contributed by atoms with Gasteiger partial charge in [-0.25, -0.2) is 0 Å². The van der Waals surface area contributed by atoms with E-state index in [1.807, 2.05) is 10.9 Å². The molecule has 0 bridgehead atoms. The molecule has 0 unspecified atom stereocenters. The van der Waals surface area contributed by atoms with E-state index < -0.39 is 0 Å². The van der Waals surface area contributed by atoms with Gasteiger partial charge in [0.2, 0.25) is 0 Å². The largest absolute Gasteiger partial charge is 0.313 e. The van der Waals surface area contributed by atoms with Crippen molar-refractivity contribution in [3.05, 3.63) is 18.0 Å². The Morgan fingerprint density at radius 3 is 2.94 bits per heavy atom. The highest BCUT2D eigenvalue weighted by Crippen LogP contribution is 2.33. The summed E-state index contributed by atoms with van der Waals surface area (Å²) in [7, 11) is 0. The molecule has 90 valence electrons. The van der Waals surface area contributed by atoms with Crippen LogP contribution in [0, 0.1) is 5.92 Å². The summed E-state index contributed by atoms with van der Waals surface area (Å²) in [6.45, 7) is 6.40. The second-order valence-corrected chi connectivity index (χ2v) is 5.18. The van der Waals surface area contributed by atoms with Crippen LogP contribution in [0.2, 0.25) is 0 Å². The van der Waals surface area contributed by atoms with E-state index in [4.69, 9.17) is 0 Å². The SMILES string of the molecule is CC(C)n1cc(CNCCCC2CC2)cn1. The highest BCUT2D eigenvalue weighted by molar-refractivity contribution is 5.03. The van der Waals surface area contributed by atoms with E-state index in [0.717, 1.165) is 19.0 Å². The minimum Gasteiger partial charge on any atom is -0.313 e. The molecule has 0 spiro atoms. The van der Waals surface area contributed by atoms with E-state index in [9.17, 15) is 0 Å². The molecule has 0 aromatic carbocycles. The average molecular weight is 221 g/mol. The molecule has 0 atom stereocenters. The van der Waals surface area contributed by atoms with Gasteiger partial charge in [-0.1, -0.05) is 12.8 Å². The number of rotatable bonds is 7. The molecule has 0 amide bonds. The second kappa shape index (κ2) is 5.48. The maximum atomic E-state index is 4.33. The third-order valence-corrected chi connectivity index (χ3v) is 3.18. The van der Waals surface area contributed by atoms with Crippen LogP contribution >= 0.6 is 0 Å². The molecule has 1 N–H and O–H groups in total. The molecule has 2 rings (SSSR count). The van der Waals surface area contributed by atoms with Gasteiger partial charge >= 0.3 is 0 Å². The lowest BCUT2D eigenvalue weighted by molar-refractivity contribution is 0.531. The summed E-state index contributed by atoms with van der Waals surface area (Å²) >= 11 is 0. The van der Waals surface area contributed by atoms with Gasteiger partial charge in [0.1, 0.15) is 0 Å². The van der Waals surface area contributed by atoms with Crippen molar-refractivity contribution < 1.29 is 0 Å². The van der Waals surface area contributed by atoms with Crippen molar-refractivity contribution in [3.63, 3.8) is 0 Å². The molecule has 3 nitrogen and oxygen atoms in total. The van der Waals surface area contributed by atoms with E-state index >= 15 is 0 Å². The third-order valence-electron chi connectivity index (χ3n) is 3.18. The fourth-order valence-electron chi connectivity index (χ4n) is 1.91. The second-order valence-electron chi connectivity index (χ2n) is 5.18. The summed E-state index contributed by atoms with van der Waals surface area (Å²) in [5.74, 6) is 1.06. The Morgan fingerprint density at radius 2 is 2.31 bits per heavy atom. The number of hydrogen-bond acceptors (Lipinski definition) is 2. The highest BCUT2D eigenvalue weighted by Gasteiger charge is 2.19. The lowest BCUT2D eigenvalue weighted by atomic mass is 10.2. The highest BCUT2D eigenvalue weighted by atomic mass is 15.3. The molecular weight excluding hydrogens is 198 g/mol. The molecule has 1 aliphatic carbocycles. The Morgan fingerprint density at radius 1 is 1.50 bits per heavy atom. The molecule has 1 fully saturated rings. The van der Waals surface area contributed by atoms with E-state index in [2.05, 4.69) is 30.5 Å². The Labute approximate surface area is 98.2 Å². The van der Waals surface area contributed by atoms with Crippen LogP contribution in [0.3, 0.4) is 0 Å². The topological polar surface area (TPSA) is 29.9 Å². The predicted molar refractivity (Wildman–Crippen MR) is 66.3 cm³/mol. The zero-order chi connectivity index (χ0) is 11.4. The Balaban J connectivity index is 1.60. The molecular formula is C13H23N3. The van der Waals surface area contributed by atoms with Crippen molar-refractivity contribution in [2.24, 2.45) is 5.92 Å². The smallest absolute Gasteiger partial charge is 0.0534 e. The van der Waals surface area contributed by atoms with Crippen molar-refractivity contribution in [3.8, 4) is 0 Å². The molecule has 0 saturated heterocycles. The molecule has 0 aliphatic heterocycles. The van der Waals surface area contributed by atoms with Gasteiger partial charge in [-0.05, 0) is 39.2 Å². The zero-order valence-corrected chi connectivity index (χ0v) is 10.4. The first-order valence-electron chi connectivity index (χ1n) is 6.49. The number of nitrogens with zero attached hydrogens (tertiary/aromatic N) is 2. The van der Waals surface area contributed by atoms with Gasteiger partial charge < -0.3 is 5.32 Å². The normalized spacial score (nSPS) is 15.9. The zero-order valence-electron chi connectivity index (χ0n) is 10.4. The summed E-state index contributed by atoms with van der Waals surface area (Å²) in [4.78, 5) is 0. The molecule has 0 radical (unpaired) electrons. The van der Waals surface area contributed by atoms with Gasteiger partial charge in [0.25, 0.3) is 0 Å². The van der Waals surface area contributed by atoms with Crippen LogP contribution in [0.5, 0.6) is 0 Å². The van der Waals surface area contributed by atoms with Crippen LogP contribution < -0.4 is 5.32 Å². The van der Waals surface area contributed by atoms with Crippen molar-refractivity contribution in [2.75, 3.05) is 6.54 Å². The number of aromatic nitrogens is 2.